The highest BCUT2D eigenvalue weighted by atomic mass is 16.5. The van der Waals surface area contributed by atoms with Crippen LogP contribution in [0.5, 0.6) is 5.75 Å². The molecule has 0 aliphatic carbocycles. The van der Waals surface area contributed by atoms with Gasteiger partial charge in [0.1, 0.15) is 5.75 Å². The van der Waals surface area contributed by atoms with Gasteiger partial charge < -0.3 is 4.74 Å². The molecule has 2 aromatic rings. The summed E-state index contributed by atoms with van der Waals surface area (Å²) < 4.78 is 5.30. The van der Waals surface area contributed by atoms with Crippen LogP contribution in [0.1, 0.15) is 0 Å². The minimum absolute atomic E-state index is 0.538. The Kier molecular flexibility index (Phi) is 3.34. The van der Waals surface area contributed by atoms with E-state index in [1.54, 1.807) is 19.2 Å². The summed E-state index contributed by atoms with van der Waals surface area (Å²) in [6, 6.07) is 15.2. The van der Waals surface area contributed by atoms with Crippen LogP contribution in [0, 0.1) is 0 Å². The Hall–Kier alpha value is -2.38. The number of aliphatic imine (C=N–C) groups is 1. The number of nitrogens with zero attached hydrogens (tertiary/aromatic N) is 1. The molecule has 2 aromatic carbocycles. The highest BCUT2D eigenvalue weighted by Gasteiger charge is 2.05. The summed E-state index contributed by atoms with van der Waals surface area (Å²) in [4.78, 5) is 13.8. The predicted molar refractivity (Wildman–Crippen MR) is 66.2 cm³/mol. The lowest BCUT2D eigenvalue weighted by Gasteiger charge is -2.08. The fourth-order valence-electron chi connectivity index (χ4n) is 1.66. The van der Waals surface area contributed by atoms with Crippen LogP contribution in [-0.2, 0) is 4.79 Å². The molecule has 3 heteroatoms. The molecule has 0 fully saturated rings. The molecule has 0 aromatic heterocycles. The molecule has 0 saturated carbocycles. The molecule has 0 bridgehead atoms. The molecule has 0 heterocycles. The van der Waals surface area contributed by atoms with E-state index in [1.165, 1.54) is 6.08 Å². The van der Waals surface area contributed by atoms with Crippen molar-refractivity contribution in [3.05, 3.63) is 48.5 Å². The van der Waals surface area contributed by atoms with Crippen molar-refractivity contribution in [2.75, 3.05) is 7.11 Å². The van der Waals surface area contributed by atoms with Gasteiger partial charge in [-0.2, -0.15) is 4.99 Å². The number of methoxy groups -OCH3 is 1. The van der Waals surface area contributed by atoms with E-state index in [4.69, 9.17) is 4.74 Å². The van der Waals surface area contributed by atoms with E-state index >= 15 is 0 Å². The SMILES string of the molecule is COc1cc(N=C=O)ccc1-c1ccccc1. The lowest BCUT2D eigenvalue weighted by atomic mass is 10.0. The molecule has 0 saturated heterocycles. The summed E-state index contributed by atoms with van der Waals surface area (Å²) in [6.45, 7) is 0. The molecule has 0 aliphatic heterocycles. The third-order valence-electron chi connectivity index (χ3n) is 2.44. The van der Waals surface area contributed by atoms with E-state index in [1.807, 2.05) is 36.4 Å². The minimum Gasteiger partial charge on any atom is -0.496 e. The molecular formula is C14H11NO2. The fourth-order valence-corrected chi connectivity index (χ4v) is 1.66. The van der Waals surface area contributed by atoms with Crippen LogP contribution in [0.2, 0.25) is 0 Å². The quantitative estimate of drug-likeness (QED) is 0.593. The maximum Gasteiger partial charge on any atom is 0.240 e. The Bertz CT molecular complexity index is 558. The molecule has 0 unspecified atom stereocenters. The molecule has 0 atom stereocenters. The molecule has 3 nitrogen and oxygen atoms in total. The van der Waals surface area contributed by atoms with Crippen LogP contribution in [-0.4, -0.2) is 13.2 Å². The van der Waals surface area contributed by atoms with Gasteiger partial charge in [0.15, 0.2) is 0 Å². The summed E-state index contributed by atoms with van der Waals surface area (Å²) in [7, 11) is 1.59. The molecule has 84 valence electrons. The Morgan fingerprint density at radius 2 is 1.88 bits per heavy atom. The molecule has 2 rings (SSSR count). The zero-order valence-electron chi connectivity index (χ0n) is 9.38. The Morgan fingerprint density at radius 1 is 1.12 bits per heavy atom. The van der Waals surface area contributed by atoms with Crippen molar-refractivity contribution in [2.24, 2.45) is 4.99 Å². The number of rotatable bonds is 3. The standard InChI is InChI=1S/C14H11NO2/c1-17-14-9-12(15-10-16)7-8-13(14)11-5-3-2-4-6-11/h2-9H,1H3. The second-order valence-corrected chi connectivity index (χ2v) is 3.45. The lowest BCUT2D eigenvalue weighted by molar-refractivity contribution is 0.416. The Balaban J connectivity index is 2.52. The molecule has 0 amide bonds. The van der Waals surface area contributed by atoms with Crippen LogP contribution in [0.25, 0.3) is 11.1 Å². The molecule has 0 aliphatic rings. The minimum atomic E-state index is 0.538. The van der Waals surface area contributed by atoms with Gasteiger partial charge in [0, 0.05) is 11.6 Å². The molecule has 0 N–H and O–H groups in total. The molecular weight excluding hydrogens is 214 g/mol. The summed E-state index contributed by atoms with van der Waals surface area (Å²) in [5.74, 6) is 0.688. The van der Waals surface area contributed by atoms with E-state index in [0.717, 1.165) is 11.1 Å². The summed E-state index contributed by atoms with van der Waals surface area (Å²) in [5, 5.41) is 0. The number of ether oxygens (including phenoxy) is 1. The summed E-state index contributed by atoms with van der Waals surface area (Å²) >= 11 is 0. The average molecular weight is 225 g/mol. The first kappa shape index (κ1) is 11.1. The van der Waals surface area contributed by atoms with Crippen LogP contribution < -0.4 is 4.74 Å². The molecule has 0 radical (unpaired) electrons. The second kappa shape index (κ2) is 5.10. The lowest BCUT2D eigenvalue weighted by Crippen LogP contribution is -1.87. The third-order valence-corrected chi connectivity index (χ3v) is 2.44. The molecule has 17 heavy (non-hydrogen) atoms. The van der Waals surface area contributed by atoms with E-state index in [-0.39, 0.29) is 0 Å². The van der Waals surface area contributed by atoms with Gasteiger partial charge in [-0.05, 0) is 17.7 Å². The van der Waals surface area contributed by atoms with Gasteiger partial charge in [-0.25, -0.2) is 4.79 Å². The average Bonchev–Trinajstić information content (AvgIpc) is 2.40. The first-order chi connectivity index (χ1) is 8.35. The predicted octanol–water partition coefficient (Wildman–Crippen LogP) is 3.33. The highest BCUT2D eigenvalue weighted by molar-refractivity contribution is 5.73. The van der Waals surface area contributed by atoms with Gasteiger partial charge in [0.05, 0.1) is 12.8 Å². The smallest absolute Gasteiger partial charge is 0.240 e. The number of carbonyl (C=O) groups excluding carboxylic acids is 1. The topological polar surface area (TPSA) is 38.7 Å². The number of hydrogen-bond donors (Lipinski definition) is 0. The maximum atomic E-state index is 10.2. The van der Waals surface area contributed by atoms with Crippen LogP contribution in [0.15, 0.2) is 53.5 Å². The maximum absolute atomic E-state index is 10.2. The van der Waals surface area contributed by atoms with Crippen molar-refractivity contribution in [2.45, 2.75) is 0 Å². The van der Waals surface area contributed by atoms with Crippen LogP contribution in [0.4, 0.5) is 5.69 Å². The number of benzene rings is 2. The van der Waals surface area contributed by atoms with Crippen molar-refractivity contribution >= 4 is 11.8 Å². The first-order valence-corrected chi connectivity index (χ1v) is 5.16. The zero-order chi connectivity index (χ0) is 12.1. The monoisotopic (exact) mass is 225 g/mol. The van der Waals surface area contributed by atoms with Crippen molar-refractivity contribution in [1.82, 2.24) is 0 Å². The van der Waals surface area contributed by atoms with Gasteiger partial charge in [0.2, 0.25) is 6.08 Å². The first-order valence-electron chi connectivity index (χ1n) is 5.16. The van der Waals surface area contributed by atoms with Crippen LogP contribution >= 0.6 is 0 Å². The van der Waals surface area contributed by atoms with E-state index < -0.39 is 0 Å². The van der Waals surface area contributed by atoms with Crippen molar-refractivity contribution in [3.8, 4) is 16.9 Å². The second-order valence-electron chi connectivity index (χ2n) is 3.45. The molecule has 0 spiro atoms. The summed E-state index contributed by atoms with van der Waals surface area (Å²) in [5.41, 5.74) is 2.57. The summed E-state index contributed by atoms with van der Waals surface area (Å²) in [6.07, 6.45) is 1.51. The van der Waals surface area contributed by atoms with Gasteiger partial charge in [-0.15, -0.1) is 0 Å². The van der Waals surface area contributed by atoms with Crippen molar-refractivity contribution < 1.29 is 9.53 Å². The van der Waals surface area contributed by atoms with E-state index in [2.05, 4.69) is 4.99 Å². The normalized spacial score (nSPS) is 9.47. The Morgan fingerprint density at radius 3 is 2.53 bits per heavy atom. The Labute approximate surface area is 99.4 Å². The van der Waals surface area contributed by atoms with Crippen molar-refractivity contribution in [1.29, 1.82) is 0 Å². The van der Waals surface area contributed by atoms with E-state index in [0.29, 0.717) is 11.4 Å². The number of hydrogen-bond acceptors (Lipinski definition) is 3. The van der Waals surface area contributed by atoms with Gasteiger partial charge in [-0.3, -0.25) is 0 Å². The van der Waals surface area contributed by atoms with Gasteiger partial charge >= 0.3 is 0 Å². The largest absolute Gasteiger partial charge is 0.496 e. The van der Waals surface area contributed by atoms with E-state index in [9.17, 15) is 4.79 Å². The third kappa shape index (κ3) is 2.41. The van der Waals surface area contributed by atoms with Crippen molar-refractivity contribution in [3.63, 3.8) is 0 Å². The van der Waals surface area contributed by atoms with Gasteiger partial charge in [0.25, 0.3) is 0 Å². The highest BCUT2D eigenvalue weighted by Crippen LogP contribution is 2.32. The van der Waals surface area contributed by atoms with Crippen LogP contribution in [0.3, 0.4) is 0 Å². The van der Waals surface area contributed by atoms with Gasteiger partial charge in [-0.1, -0.05) is 30.3 Å². The zero-order valence-corrected chi connectivity index (χ0v) is 9.38. The fraction of sp³-hybridized carbons (Fsp3) is 0.0714. The number of isocyanates is 1.